The zero-order valence-electron chi connectivity index (χ0n) is 51.0. The highest BCUT2D eigenvalue weighted by molar-refractivity contribution is 5.78. The first-order valence-corrected chi connectivity index (χ1v) is 30.0. The summed E-state index contributed by atoms with van der Waals surface area (Å²) in [5.74, 6) is 10.8. The first-order chi connectivity index (χ1) is 43.1. The summed E-state index contributed by atoms with van der Waals surface area (Å²) in [7, 11) is 0. The average Bonchev–Trinajstić information content (AvgIpc) is 2.52. The molecule has 1 aliphatic carbocycles. The van der Waals surface area contributed by atoms with E-state index in [4.69, 9.17) is 15.6 Å². The first-order valence-electron chi connectivity index (χ1n) is 30.0. The molecule has 0 fully saturated rings. The van der Waals surface area contributed by atoms with Gasteiger partial charge in [-0.25, -0.2) is 0 Å². The van der Waals surface area contributed by atoms with Gasteiger partial charge in [-0.3, -0.25) is 0 Å². The molecule has 0 atom stereocenters. The van der Waals surface area contributed by atoms with E-state index in [9.17, 15) is 0 Å². The summed E-state index contributed by atoms with van der Waals surface area (Å²) in [4.78, 5) is 0. The number of terminal acetylenes is 1. The van der Waals surface area contributed by atoms with E-state index in [2.05, 4.69) is 325 Å². The van der Waals surface area contributed by atoms with Crippen LogP contribution < -0.4 is 0 Å². The van der Waals surface area contributed by atoms with E-state index in [1.807, 2.05) is 78.9 Å². The zero-order valence-corrected chi connectivity index (χ0v) is 51.0. The van der Waals surface area contributed by atoms with Crippen LogP contribution in [0.25, 0.3) is 11.1 Å². The van der Waals surface area contributed by atoms with Crippen molar-refractivity contribution in [3.63, 3.8) is 0 Å². The molecule has 0 spiro atoms. The molecule has 0 unspecified atom stereocenters. The van der Waals surface area contributed by atoms with Gasteiger partial charge in [0.1, 0.15) is 0 Å². The first kappa shape index (κ1) is 63.6. The van der Waals surface area contributed by atoms with E-state index in [-0.39, 0.29) is 16.2 Å². The lowest BCUT2D eigenvalue weighted by Crippen LogP contribution is -2.25. The van der Waals surface area contributed by atoms with E-state index in [0.717, 1.165) is 16.7 Å². The number of rotatable bonds is 9. The molecule has 0 amide bonds. The lowest BCUT2D eigenvalue weighted by molar-refractivity contribution is 0.108. The molecule has 2 heteroatoms. The predicted octanol–water partition coefficient (Wildman–Crippen LogP) is 22.2. The molecule has 434 valence electrons. The Bertz CT molecular complexity index is 3770. The fraction of sp³-hybridized carbons (Fsp3) is 0.116. The Morgan fingerprint density at radius 2 is 0.557 bits per heavy atom. The third kappa shape index (κ3) is 15.9. The number of halogens is 2. The zero-order chi connectivity index (χ0) is 61.9. The van der Waals surface area contributed by atoms with Gasteiger partial charge >= 0.3 is 0 Å². The fourth-order valence-corrected chi connectivity index (χ4v) is 11.3. The van der Waals surface area contributed by atoms with Gasteiger partial charge in [0, 0.05) is 32.0 Å². The van der Waals surface area contributed by atoms with Crippen LogP contribution in [0.2, 0.25) is 0 Å². The average molecular weight is 1150 g/mol. The van der Waals surface area contributed by atoms with Crippen LogP contribution >= 0.6 is 0 Å². The van der Waals surface area contributed by atoms with Crippen LogP contribution in [0.5, 0.6) is 0 Å². The highest BCUT2D eigenvalue weighted by Crippen LogP contribution is 2.44. The Kier molecular flexibility index (Phi) is 23.3. The van der Waals surface area contributed by atoms with Crippen LogP contribution in [0.3, 0.4) is 0 Å². The van der Waals surface area contributed by atoms with Crippen molar-refractivity contribution in [3.05, 3.63) is 419 Å². The van der Waals surface area contributed by atoms with Crippen molar-refractivity contribution < 1.29 is 9.15 Å². The van der Waals surface area contributed by atoms with Gasteiger partial charge in [-0.15, -0.1) is 6.42 Å². The molecule has 1 aliphatic rings. The molecule has 12 aromatic carbocycles. The standard InChI is InChI=1S/C22H18.C20H18.C16H14.C14H12.C14H14.F2/c1-22(20-13-7-3-8-14-20,21-15-9-4-10-16-21)18-17-19-11-5-2-6-12-19;1-20(17-11-5-2-6-12-17,18-13-7-3-8-14-18)19-15-9-4-10-16-19;1-3-16(2,14-10-6-4-7-11-14)15-12-8-5-9-13-15;1-10-11-6-2-4-8-13(11)14-9-5-3-7-12(10)14;1-12(13-8-4-2-5-9-13)14-10-6-3-7-11-14;1-2/h2-16H,1H3;2-16H,1H3;1,4-13H,2H3;2-10H,1H3;2-12H,1H3;. The molecule has 12 aromatic rings. The van der Waals surface area contributed by atoms with Crippen LogP contribution in [0.1, 0.15) is 113 Å². The minimum atomic E-state index is -0.345. The molecule has 0 saturated carbocycles. The van der Waals surface area contributed by atoms with Crippen molar-refractivity contribution in [2.75, 3.05) is 0 Å². The Labute approximate surface area is 522 Å². The highest BCUT2D eigenvalue weighted by Gasteiger charge is 2.31. The van der Waals surface area contributed by atoms with Gasteiger partial charge in [-0.1, -0.05) is 371 Å². The molecule has 0 aliphatic heterocycles. The van der Waals surface area contributed by atoms with E-state index in [1.165, 1.54) is 61.2 Å². The van der Waals surface area contributed by atoms with E-state index in [0.29, 0.717) is 11.8 Å². The van der Waals surface area contributed by atoms with E-state index >= 15 is 0 Å². The summed E-state index contributed by atoms with van der Waals surface area (Å²) in [6.45, 7) is 11.1. The maximum Gasteiger partial charge on any atom is 0.0787 e. The van der Waals surface area contributed by atoms with Crippen LogP contribution in [-0.2, 0) is 16.2 Å². The number of fused-ring (bicyclic) bond motifs is 3. The summed E-state index contributed by atoms with van der Waals surface area (Å²) in [5.41, 5.74) is 17.4. The number of hydrogen-bond acceptors (Lipinski definition) is 0. The molecule has 88 heavy (non-hydrogen) atoms. The normalized spacial score (nSPS) is 11.1. The lowest BCUT2D eigenvalue weighted by Gasteiger charge is -2.31. The second-order valence-electron chi connectivity index (χ2n) is 22.1. The highest BCUT2D eigenvalue weighted by atomic mass is 20.0. The van der Waals surface area contributed by atoms with Gasteiger partial charge in [-0.2, -0.15) is 0 Å². The molecule has 0 heterocycles. The maximum atomic E-state index is 8.00. The van der Waals surface area contributed by atoms with Gasteiger partial charge in [0.05, 0.1) is 10.8 Å². The fourth-order valence-electron chi connectivity index (χ4n) is 11.3. The van der Waals surface area contributed by atoms with Gasteiger partial charge in [0.25, 0.3) is 0 Å². The summed E-state index contributed by atoms with van der Waals surface area (Å²) in [6, 6.07) is 122. The molecule has 0 radical (unpaired) electrons. The minimum absolute atomic E-state index is 0.121. The second kappa shape index (κ2) is 32.2. The lowest BCUT2D eigenvalue weighted by atomic mass is 9.71. The molecular weight excluding hydrogens is 1070 g/mol. The summed E-state index contributed by atoms with van der Waals surface area (Å²) in [5, 5.41) is 0. The number of hydrogen-bond donors (Lipinski definition) is 0. The van der Waals surface area contributed by atoms with Crippen LogP contribution in [0.4, 0.5) is 9.15 Å². The second-order valence-corrected chi connectivity index (χ2v) is 22.1. The Morgan fingerprint density at radius 1 is 0.318 bits per heavy atom. The summed E-state index contributed by atoms with van der Waals surface area (Å²) in [6.07, 6.45) is 5.72. The third-order valence-electron chi connectivity index (χ3n) is 16.7. The van der Waals surface area contributed by atoms with Crippen molar-refractivity contribution in [2.45, 2.75) is 62.7 Å². The van der Waals surface area contributed by atoms with Crippen molar-refractivity contribution in [3.8, 4) is 35.3 Å². The number of benzene rings is 12. The summed E-state index contributed by atoms with van der Waals surface area (Å²) < 4.78 is 16.0. The Balaban J connectivity index is 0.000000143. The Morgan fingerprint density at radius 3 is 0.852 bits per heavy atom. The maximum absolute atomic E-state index is 8.00. The monoisotopic (exact) mass is 1150 g/mol. The third-order valence-corrected chi connectivity index (χ3v) is 16.7. The van der Waals surface area contributed by atoms with Gasteiger partial charge in [0.15, 0.2) is 0 Å². The van der Waals surface area contributed by atoms with Crippen molar-refractivity contribution in [2.24, 2.45) is 0 Å². The van der Waals surface area contributed by atoms with Crippen LogP contribution in [0.15, 0.2) is 352 Å². The Hall–Kier alpha value is -10.4. The molecule has 0 nitrogen and oxygen atoms in total. The molecule has 0 N–H and O–H groups in total. The largest absolute Gasteiger partial charge is 0.119 e. The smallest absolute Gasteiger partial charge is 0.0787 e. The van der Waals surface area contributed by atoms with Crippen LogP contribution in [0, 0.1) is 24.2 Å². The molecule has 13 rings (SSSR count). The van der Waals surface area contributed by atoms with Crippen molar-refractivity contribution >= 4 is 0 Å². The van der Waals surface area contributed by atoms with Crippen molar-refractivity contribution in [1.82, 2.24) is 0 Å². The molecule has 0 bridgehead atoms. The van der Waals surface area contributed by atoms with Gasteiger partial charge in [0.2, 0.25) is 0 Å². The molecular formula is C86H76F2. The van der Waals surface area contributed by atoms with Crippen LogP contribution in [-0.4, -0.2) is 0 Å². The van der Waals surface area contributed by atoms with Gasteiger partial charge in [-0.05, 0) is 105 Å². The van der Waals surface area contributed by atoms with E-state index < -0.39 is 0 Å². The molecule has 0 aromatic heterocycles. The van der Waals surface area contributed by atoms with E-state index in [1.54, 1.807) is 0 Å². The predicted molar refractivity (Wildman–Crippen MR) is 368 cm³/mol. The summed E-state index contributed by atoms with van der Waals surface area (Å²) >= 11 is 0. The van der Waals surface area contributed by atoms with Gasteiger partial charge < -0.3 is 0 Å². The topological polar surface area (TPSA) is 0 Å². The quantitative estimate of drug-likeness (QED) is 0.0998. The SMILES string of the molecule is C#CC(C)(c1ccccc1)c1ccccc1.CC(C#Cc1ccccc1)(c1ccccc1)c1ccccc1.CC(c1ccccc1)(c1ccccc1)c1ccccc1.CC(c1ccccc1)c1ccccc1.CC1c2ccccc2-c2ccccc21.FF. The van der Waals surface area contributed by atoms with Crippen molar-refractivity contribution in [1.29, 1.82) is 0 Å². The minimum Gasteiger partial charge on any atom is -0.119 e. The molecule has 0 saturated heterocycles.